The van der Waals surface area contributed by atoms with Gasteiger partial charge >= 0.3 is 0 Å². The first-order chi connectivity index (χ1) is 7.27. The Labute approximate surface area is 94.1 Å². The van der Waals surface area contributed by atoms with Crippen molar-refractivity contribution in [2.45, 2.75) is 70.9 Å². The highest BCUT2D eigenvalue weighted by Crippen LogP contribution is 2.26. The molecule has 1 rings (SSSR count). The van der Waals surface area contributed by atoms with Gasteiger partial charge < -0.3 is 5.32 Å². The summed E-state index contributed by atoms with van der Waals surface area (Å²) in [5.41, 5.74) is 0. The number of rotatable bonds is 5. The van der Waals surface area contributed by atoms with Gasteiger partial charge in [0.05, 0.1) is 12.5 Å². The highest BCUT2D eigenvalue weighted by molar-refractivity contribution is 4.84. The molecular weight excluding hydrogens is 184 g/mol. The molecule has 86 valence electrons. The topological polar surface area (TPSA) is 35.8 Å². The predicted octanol–water partition coefficient (Wildman–Crippen LogP) is 3.24. The number of hydrogen-bond acceptors (Lipinski definition) is 2. The highest BCUT2D eigenvalue weighted by atomic mass is 14.9. The van der Waals surface area contributed by atoms with Gasteiger partial charge in [0.15, 0.2) is 0 Å². The molecule has 0 aromatic rings. The minimum atomic E-state index is 0.395. The van der Waals surface area contributed by atoms with Crippen LogP contribution < -0.4 is 5.32 Å². The Morgan fingerprint density at radius 3 is 2.53 bits per heavy atom. The van der Waals surface area contributed by atoms with Crippen LogP contribution in [0.2, 0.25) is 0 Å². The quantitative estimate of drug-likeness (QED) is 0.753. The molecule has 2 heteroatoms. The lowest BCUT2D eigenvalue weighted by Gasteiger charge is -2.30. The smallest absolute Gasteiger partial charge is 0.0638 e. The Balaban J connectivity index is 2.32. The maximum atomic E-state index is 8.70. The lowest BCUT2D eigenvalue weighted by molar-refractivity contribution is 0.262. The van der Waals surface area contributed by atoms with Crippen molar-refractivity contribution in [1.82, 2.24) is 5.32 Å². The zero-order valence-corrected chi connectivity index (χ0v) is 10.1. The molecule has 1 N–H and O–H groups in total. The molecule has 0 heterocycles. The molecule has 0 aromatic carbocycles. The van der Waals surface area contributed by atoms with E-state index in [1.165, 1.54) is 32.1 Å². The zero-order chi connectivity index (χ0) is 11.1. The van der Waals surface area contributed by atoms with Gasteiger partial charge in [0, 0.05) is 12.1 Å². The van der Waals surface area contributed by atoms with E-state index in [1.807, 2.05) is 0 Å². The zero-order valence-electron chi connectivity index (χ0n) is 10.1. The Morgan fingerprint density at radius 1 is 1.33 bits per heavy atom. The third kappa shape index (κ3) is 4.22. The molecule has 0 radical (unpaired) electrons. The van der Waals surface area contributed by atoms with Crippen molar-refractivity contribution in [2.24, 2.45) is 5.92 Å². The lowest BCUT2D eigenvalue weighted by Crippen LogP contribution is -2.41. The van der Waals surface area contributed by atoms with E-state index in [0.717, 1.165) is 12.3 Å². The second-order valence-corrected chi connectivity index (χ2v) is 4.82. The molecule has 1 aliphatic rings. The van der Waals surface area contributed by atoms with Crippen LogP contribution in [0.15, 0.2) is 0 Å². The standard InChI is InChI=1S/C13H24N2/c1-3-13(9-10-14)15-11(2)12-7-5-4-6-8-12/h11-13,15H,3-9H2,1-2H3. The van der Waals surface area contributed by atoms with Crippen LogP contribution >= 0.6 is 0 Å². The van der Waals surface area contributed by atoms with Gasteiger partial charge in [-0.05, 0) is 32.1 Å². The lowest BCUT2D eigenvalue weighted by atomic mass is 9.84. The normalized spacial score (nSPS) is 21.9. The molecule has 1 fully saturated rings. The van der Waals surface area contributed by atoms with Crippen molar-refractivity contribution >= 4 is 0 Å². The molecule has 2 unspecified atom stereocenters. The fourth-order valence-electron chi connectivity index (χ4n) is 2.57. The molecule has 1 aliphatic carbocycles. The first kappa shape index (κ1) is 12.5. The van der Waals surface area contributed by atoms with Gasteiger partial charge in [0.2, 0.25) is 0 Å². The van der Waals surface area contributed by atoms with E-state index < -0.39 is 0 Å². The van der Waals surface area contributed by atoms with Crippen molar-refractivity contribution < 1.29 is 0 Å². The maximum absolute atomic E-state index is 8.70. The molecule has 0 aliphatic heterocycles. The summed E-state index contributed by atoms with van der Waals surface area (Å²) < 4.78 is 0. The minimum Gasteiger partial charge on any atom is -0.310 e. The molecular formula is C13H24N2. The number of hydrogen-bond donors (Lipinski definition) is 1. The molecule has 2 atom stereocenters. The van der Waals surface area contributed by atoms with Crippen molar-refractivity contribution in [3.8, 4) is 6.07 Å². The Morgan fingerprint density at radius 2 is 2.00 bits per heavy atom. The van der Waals surface area contributed by atoms with Crippen molar-refractivity contribution in [3.63, 3.8) is 0 Å². The van der Waals surface area contributed by atoms with Crippen LogP contribution in [-0.2, 0) is 0 Å². The van der Waals surface area contributed by atoms with Crippen molar-refractivity contribution in [1.29, 1.82) is 5.26 Å². The van der Waals surface area contributed by atoms with E-state index in [2.05, 4.69) is 25.2 Å². The summed E-state index contributed by atoms with van der Waals surface area (Å²) in [7, 11) is 0. The summed E-state index contributed by atoms with van der Waals surface area (Å²) in [6.45, 7) is 4.44. The van der Waals surface area contributed by atoms with E-state index in [9.17, 15) is 0 Å². The molecule has 0 spiro atoms. The van der Waals surface area contributed by atoms with Gasteiger partial charge in [-0.3, -0.25) is 0 Å². The summed E-state index contributed by atoms with van der Waals surface area (Å²) >= 11 is 0. The summed E-state index contributed by atoms with van der Waals surface area (Å²) in [6.07, 6.45) is 8.66. The van der Waals surface area contributed by atoms with E-state index in [4.69, 9.17) is 5.26 Å². The molecule has 0 saturated heterocycles. The fourth-order valence-corrected chi connectivity index (χ4v) is 2.57. The van der Waals surface area contributed by atoms with Gasteiger partial charge in [0.25, 0.3) is 0 Å². The average Bonchev–Trinajstić information content (AvgIpc) is 2.29. The molecule has 0 amide bonds. The summed E-state index contributed by atoms with van der Waals surface area (Å²) in [4.78, 5) is 0. The summed E-state index contributed by atoms with van der Waals surface area (Å²) in [6, 6.07) is 3.25. The molecule has 15 heavy (non-hydrogen) atoms. The van der Waals surface area contributed by atoms with Crippen LogP contribution in [0.3, 0.4) is 0 Å². The fraction of sp³-hybridized carbons (Fsp3) is 0.923. The van der Waals surface area contributed by atoms with Gasteiger partial charge in [-0.1, -0.05) is 26.2 Å². The second-order valence-electron chi connectivity index (χ2n) is 4.82. The Bertz CT molecular complexity index is 201. The van der Waals surface area contributed by atoms with Crippen molar-refractivity contribution in [2.75, 3.05) is 0 Å². The second kappa shape index (κ2) is 6.85. The van der Waals surface area contributed by atoms with Gasteiger partial charge in [0.1, 0.15) is 0 Å². The van der Waals surface area contributed by atoms with E-state index >= 15 is 0 Å². The highest BCUT2D eigenvalue weighted by Gasteiger charge is 2.21. The van der Waals surface area contributed by atoms with E-state index in [0.29, 0.717) is 18.5 Å². The molecule has 2 nitrogen and oxygen atoms in total. The Hall–Kier alpha value is -0.550. The number of nitrogens with zero attached hydrogens (tertiary/aromatic N) is 1. The van der Waals surface area contributed by atoms with Crippen LogP contribution in [-0.4, -0.2) is 12.1 Å². The monoisotopic (exact) mass is 208 g/mol. The largest absolute Gasteiger partial charge is 0.310 e. The molecule has 0 bridgehead atoms. The van der Waals surface area contributed by atoms with Gasteiger partial charge in [-0.15, -0.1) is 0 Å². The predicted molar refractivity (Wildman–Crippen MR) is 63.5 cm³/mol. The first-order valence-corrected chi connectivity index (χ1v) is 6.41. The van der Waals surface area contributed by atoms with Gasteiger partial charge in [-0.25, -0.2) is 0 Å². The van der Waals surface area contributed by atoms with Crippen molar-refractivity contribution in [3.05, 3.63) is 0 Å². The molecule has 0 aromatic heterocycles. The minimum absolute atomic E-state index is 0.395. The van der Waals surface area contributed by atoms with Crippen LogP contribution in [0, 0.1) is 17.2 Å². The van der Waals surface area contributed by atoms with E-state index in [-0.39, 0.29) is 0 Å². The summed E-state index contributed by atoms with van der Waals surface area (Å²) in [5.74, 6) is 0.839. The maximum Gasteiger partial charge on any atom is 0.0638 e. The average molecular weight is 208 g/mol. The SMILES string of the molecule is CCC(CC#N)NC(C)C1CCCCC1. The third-order valence-electron chi connectivity index (χ3n) is 3.69. The number of nitrogens with one attached hydrogen (secondary N) is 1. The van der Waals surface area contributed by atoms with Crippen LogP contribution in [0.1, 0.15) is 58.8 Å². The number of nitriles is 1. The Kier molecular flexibility index (Phi) is 5.71. The summed E-state index contributed by atoms with van der Waals surface area (Å²) in [5, 5.41) is 12.3. The van der Waals surface area contributed by atoms with Crippen LogP contribution in [0.4, 0.5) is 0 Å². The van der Waals surface area contributed by atoms with Gasteiger partial charge in [-0.2, -0.15) is 5.26 Å². The first-order valence-electron chi connectivity index (χ1n) is 6.41. The third-order valence-corrected chi connectivity index (χ3v) is 3.69. The molecule has 1 saturated carbocycles. The van der Waals surface area contributed by atoms with E-state index in [1.54, 1.807) is 0 Å². The van der Waals surface area contributed by atoms with Crippen LogP contribution in [0.25, 0.3) is 0 Å². The van der Waals surface area contributed by atoms with Crippen LogP contribution in [0.5, 0.6) is 0 Å².